The zero-order valence-electron chi connectivity index (χ0n) is 12.6. The van der Waals surface area contributed by atoms with Crippen LogP contribution in [0.2, 0.25) is 5.02 Å². The van der Waals surface area contributed by atoms with E-state index >= 15 is 0 Å². The molecule has 1 heterocycles. The number of amides is 1. The number of methoxy groups -OCH3 is 1. The van der Waals surface area contributed by atoms with E-state index in [1.54, 1.807) is 19.2 Å². The highest BCUT2D eigenvalue weighted by molar-refractivity contribution is 6.36. The van der Waals surface area contributed by atoms with E-state index < -0.39 is 0 Å². The third kappa shape index (κ3) is 3.55. The van der Waals surface area contributed by atoms with Gasteiger partial charge in [0.15, 0.2) is 0 Å². The first kappa shape index (κ1) is 15.6. The van der Waals surface area contributed by atoms with E-state index in [0.717, 1.165) is 22.6 Å². The lowest BCUT2D eigenvalue weighted by molar-refractivity contribution is -0.110. The molecule has 0 saturated heterocycles. The fourth-order valence-corrected chi connectivity index (χ4v) is 2.59. The Bertz CT molecular complexity index is 771. The number of rotatable bonds is 5. The average Bonchev–Trinajstić information content (AvgIpc) is 2.83. The van der Waals surface area contributed by atoms with Crippen molar-refractivity contribution in [2.24, 2.45) is 0 Å². The topological polar surface area (TPSA) is 47.6 Å². The van der Waals surface area contributed by atoms with Gasteiger partial charge in [-0.2, -0.15) is 0 Å². The van der Waals surface area contributed by atoms with Crippen LogP contribution in [-0.4, -0.2) is 26.2 Å². The van der Waals surface area contributed by atoms with Gasteiger partial charge in [0, 0.05) is 23.3 Å². The average molecular weight is 330 g/mol. The lowest BCUT2D eigenvalue weighted by Gasteiger charge is -2.06. The molecule has 2 aromatic rings. The zero-order valence-corrected chi connectivity index (χ0v) is 13.4. The van der Waals surface area contributed by atoms with Crippen LogP contribution in [0, 0.1) is 0 Å². The molecule has 1 amide bonds. The van der Waals surface area contributed by atoms with Gasteiger partial charge in [0.05, 0.1) is 12.3 Å². The molecule has 1 aliphatic heterocycles. The minimum Gasteiger partial charge on any atom is -0.491 e. The van der Waals surface area contributed by atoms with Crippen molar-refractivity contribution in [2.75, 3.05) is 25.6 Å². The fourth-order valence-electron chi connectivity index (χ4n) is 2.41. The van der Waals surface area contributed by atoms with Crippen molar-refractivity contribution in [1.29, 1.82) is 0 Å². The first-order valence-electron chi connectivity index (χ1n) is 7.22. The Morgan fingerprint density at radius 1 is 1.17 bits per heavy atom. The number of fused-ring (bicyclic) bond motifs is 1. The lowest BCUT2D eigenvalue weighted by atomic mass is 10.0. The molecule has 0 aliphatic carbocycles. The quantitative estimate of drug-likeness (QED) is 0.669. The second kappa shape index (κ2) is 6.86. The van der Waals surface area contributed by atoms with Crippen LogP contribution in [0.25, 0.3) is 11.6 Å². The number of carbonyl (C=O) groups excluding carboxylic acids is 1. The molecule has 0 aromatic heterocycles. The van der Waals surface area contributed by atoms with Gasteiger partial charge >= 0.3 is 0 Å². The van der Waals surface area contributed by atoms with Gasteiger partial charge < -0.3 is 14.8 Å². The standard InChI is InChI=1S/C18H16ClNO3/c1-22-7-8-23-14-4-2-3-12(9-14)10-16-15-6-5-13(19)11-17(15)20-18(16)21/h2-6,9-11H,7-8H2,1H3,(H,20,21)/b16-10+. The van der Waals surface area contributed by atoms with Gasteiger partial charge in [-0.05, 0) is 35.9 Å². The second-order valence-electron chi connectivity index (χ2n) is 5.12. The largest absolute Gasteiger partial charge is 0.491 e. The van der Waals surface area contributed by atoms with E-state index in [1.165, 1.54) is 0 Å². The maximum Gasteiger partial charge on any atom is 0.256 e. The van der Waals surface area contributed by atoms with Crippen LogP contribution in [-0.2, 0) is 9.53 Å². The molecular formula is C18H16ClNO3. The monoisotopic (exact) mass is 329 g/mol. The number of benzene rings is 2. The van der Waals surface area contributed by atoms with E-state index in [1.807, 2.05) is 36.4 Å². The van der Waals surface area contributed by atoms with Crippen molar-refractivity contribution < 1.29 is 14.3 Å². The summed E-state index contributed by atoms with van der Waals surface area (Å²) >= 11 is 5.96. The number of halogens is 1. The Morgan fingerprint density at radius 3 is 2.87 bits per heavy atom. The fraction of sp³-hybridized carbons (Fsp3) is 0.167. The molecular weight excluding hydrogens is 314 g/mol. The Labute approximate surface area is 139 Å². The van der Waals surface area contributed by atoms with Gasteiger partial charge in [-0.3, -0.25) is 4.79 Å². The highest BCUT2D eigenvalue weighted by atomic mass is 35.5. The Morgan fingerprint density at radius 2 is 2.04 bits per heavy atom. The molecule has 4 nitrogen and oxygen atoms in total. The van der Waals surface area contributed by atoms with Crippen molar-refractivity contribution in [1.82, 2.24) is 0 Å². The SMILES string of the molecule is COCCOc1cccc(/C=C2/C(=O)Nc3cc(Cl)ccc32)c1. The molecule has 1 aliphatic rings. The van der Waals surface area contributed by atoms with E-state index in [4.69, 9.17) is 21.1 Å². The number of anilines is 1. The molecule has 0 bridgehead atoms. The Balaban J connectivity index is 1.87. The van der Waals surface area contributed by atoms with E-state index in [9.17, 15) is 4.79 Å². The van der Waals surface area contributed by atoms with Crippen LogP contribution >= 0.6 is 11.6 Å². The first-order chi connectivity index (χ1) is 11.2. The molecule has 1 N–H and O–H groups in total. The minimum absolute atomic E-state index is 0.132. The Kier molecular flexibility index (Phi) is 4.65. The molecule has 0 spiro atoms. The molecule has 0 unspecified atom stereocenters. The molecule has 5 heteroatoms. The molecule has 0 saturated carbocycles. The van der Waals surface area contributed by atoms with Crippen molar-refractivity contribution >= 4 is 34.8 Å². The van der Waals surface area contributed by atoms with E-state index in [0.29, 0.717) is 23.8 Å². The van der Waals surface area contributed by atoms with Gasteiger partial charge in [0.25, 0.3) is 5.91 Å². The summed E-state index contributed by atoms with van der Waals surface area (Å²) < 4.78 is 10.6. The molecule has 118 valence electrons. The van der Waals surface area contributed by atoms with Crippen molar-refractivity contribution in [3.05, 3.63) is 58.6 Å². The zero-order chi connectivity index (χ0) is 16.2. The van der Waals surface area contributed by atoms with E-state index in [-0.39, 0.29) is 5.91 Å². The Hall–Kier alpha value is -2.30. The minimum atomic E-state index is -0.132. The molecule has 0 radical (unpaired) electrons. The summed E-state index contributed by atoms with van der Waals surface area (Å²) in [6, 6.07) is 13.0. The summed E-state index contributed by atoms with van der Waals surface area (Å²) in [5.74, 6) is 0.610. The van der Waals surface area contributed by atoms with Crippen LogP contribution in [0.1, 0.15) is 11.1 Å². The highest BCUT2D eigenvalue weighted by Crippen LogP contribution is 2.35. The number of hydrogen-bond donors (Lipinski definition) is 1. The lowest BCUT2D eigenvalue weighted by Crippen LogP contribution is -2.04. The maximum atomic E-state index is 12.2. The first-order valence-corrected chi connectivity index (χ1v) is 7.60. The normalized spacial score (nSPS) is 14.7. The number of hydrogen-bond acceptors (Lipinski definition) is 3. The number of ether oxygens (including phenoxy) is 2. The van der Waals surface area contributed by atoms with Gasteiger partial charge in [-0.25, -0.2) is 0 Å². The number of carbonyl (C=O) groups is 1. The van der Waals surface area contributed by atoms with E-state index in [2.05, 4.69) is 5.32 Å². The van der Waals surface area contributed by atoms with Crippen molar-refractivity contribution in [3.8, 4) is 5.75 Å². The van der Waals surface area contributed by atoms with Gasteiger partial charge in [0.1, 0.15) is 12.4 Å². The van der Waals surface area contributed by atoms with Crippen molar-refractivity contribution in [3.63, 3.8) is 0 Å². The summed E-state index contributed by atoms with van der Waals surface area (Å²) in [6.07, 6.45) is 1.85. The summed E-state index contributed by atoms with van der Waals surface area (Å²) in [5.41, 5.74) is 3.10. The third-order valence-electron chi connectivity index (χ3n) is 3.49. The summed E-state index contributed by atoms with van der Waals surface area (Å²) in [4.78, 5) is 12.2. The van der Waals surface area contributed by atoms with Gasteiger partial charge in [0.2, 0.25) is 0 Å². The molecule has 0 atom stereocenters. The predicted octanol–water partition coefficient (Wildman–Crippen LogP) is 3.86. The molecule has 3 rings (SSSR count). The smallest absolute Gasteiger partial charge is 0.256 e. The highest BCUT2D eigenvalue weighted by Gasteiger charge is 2.24. The van der Waals surface area contributed by atoms with Crippen LogP contribution in [0.4, 0.5) is 5.69 Å². The van der Waals surface area contributed by atoms with Crippen molar-refractivity contribution in [2.45, 2.75) is 0 Å². The summed E-state index contributed by atoms with van der Waals surface area (Å²) in [5, 5.41) is 3.42. The molecule has 0 fully saturated rings. The van der Waals surface area contributed by atoms with Crippen LogP contribution in [0.5, 0.6) is 5.75 Å². The van der Waals surface area contributed by atoms with Gasteiger partial charge in [-0.15, -0.1) is 0 Å². The van der Waals surface area contributed by atoms with Gasteiger partial charge in [-0.1, -0.05) is 29.8 Å². The summed E-state index contributed by atoms with van der Waals surface area (Å²) in [7, 11) is 1.63. The van der Waals surface area contributed by atoms with Crippen LogP contribution < -0.4 is 10.1 Å². The van der Waals surface area contributed by atoms with Crippen LogP contribution in [0.15, 0.2) is 42.5 Å². The predicted molar refractivity (Wildman–Crippen MR) is 91.8 cm³/mol. The summed E-state index contributed by atoms with van der Waals surface area (Å²) in [6.45, 7) is 1.01. The number of nitrogens with one attached hydrogen (secondary N) is 1. The molecule has 2 aromatic carbocycles. The third-order valence-corrected chi connectivity index (χ3v) is 3.72. The molecule has 23 heavy (non-hydrogen) atoms. The van der Waals surface area contributed by atoms with Crippen LogP contribution in [0.3, 0.4) is 0 Å². The maximum absolute atomic E-state index is 12.2. The second-order valence-corrected chi connectivity index (χ2v) is 5.55.